The summed E-state index contributed by atoms with van der Waals surface area (Å²) >= 11 is 0. The van der Waals surface area contributed by atoms with E-state index >= 15 is 4.79 Å². The molecule has 4 N–H and O–H groups in total. The van der Waals surface area contributed by atoms with E-state index in [-0.39, 0.29) is 42.4 Å². The van der Waals surface area contributed by atoms with Crippen LogP contribution in [0.4, 0.5) is 0 Å². The SMILES string of the molecule is C=C(CC(C)(CC(C)(CC(C)(CC(C)(CC(C)(CC(C)(CC(C)(CC(C)(CC(C)(CC(C)(C)C(=O)OC)C(=O)OC)C(=O)OC)C(=O)OC)C(=O)OC)C(=O)OC)C(=O)OC)C(=O)OCCO)C(=O)OCCO)C(=O)OCCO)C(=O)OCCOc1ccc(-c2ccc(CN[C@H](C)[C@@H](O[Si](C)(C)C(C)(C)C)c3ccccc3)cc2)cc1. The van der Waals surface area contributed by atoms with Gasteiger partial charge in [-0.2, -0.15) is 0 Å². The summed E-state index contributed by atoms with van der Waals surface area (Å²) in [6.07, 6.45) is -5.99. The van der Waals surface area contributed by atoms with Gasteiger partial charge in [0.05, 0.1) is 130 Å². The molecule has 0 saturated carbocycles. The van der Waals surface area contributed by atoms with E-state index in [0.29, 0.717) is 12.3 Å². The topological polar surface area (TPSA) is 380 Å². The summed E-state index contributed by atoms with van der Waals surface area (Å²) in [5, 5.41) is 33.7. The third kappa shape index (κ3) is 27.0. The minimum Gasteiger partial charge on any atom is -0.490 e. The lowest BCUT2D eigenvalue weighted by Crippen LogP contribution is -2.51. The maximum Gasteiger partial charge on any atom is 0.333 e. The van der Waals surface area contributed by atoms with Gasteiger partial charge in [0.2, 0.25) is 0 Å². The van der Waals surface area contributed by atoms with Gasteiger partial charge in [-0.05, 0) is 200 Å². The molecule has 0 spiro atoms. The van der Waals surface area contributed by atoms with E-state index in [1.54, 1.807) is 12.1 Å². The molecule has 11 atom stereocenters. The van der Waals surface area contributed by atoms with Crippen LogP contribution in [0.15, 0.2) is 91.0 Å². The Morgan fingerprint density at radius 1 is 0.388 bits per heavy atom. The van der Waals surface area contributed by atoms with E-state index in [1.807, 2.05) is 42.5 Å². The molecule has 0 amide bonds. The Morgan fingerprint density at radius 3 is 1.03 bits per heavy atom. The molecular formula is C87H131NO27Si. The molecule has 29 heteroatoms. The quantitative estimate of drug-likeness (QED) is 0.0134. The van der Waals surface area contributed by atoms with Crippen LogP contribution in [0.1, 0.15) is 185 Å². The Balaban J connectivity index is 2.08. The zero-order valence-corrected chi connectivity index (χ0v) is 73.9. The van der Waals surface area contributed by atoms with E-state index in [4.69, 9.17) is 61.3 Å². The molecule has 0 aliphatic heterocycles. The fraction of sp³-hybridized carbons (Fsp3) is 0.644. The van der Waals surface area contributed by atoms with Gasteiger partial charge < -0.3 is 81.9 Å². The van der Waals surface area contributed by atoms with Crippen molar-refractivity contribution >= 4 is 74.0 Å². The molecule has 3 rings (SSSR count). The van der Waals surface area contributed by atoms with Crippen molar-refractivity contribution in [1.29, 1.82) is 0 Å². The van der Waals surface area contributed by atoms with Gasteiger partial charge in [0.25, 0.3) is 0 Å². The van der Waals surface area contributed by atoms with E-state index in [1.165, 1.54) is 83.3 Å². The number of aliphatic hydroxyl groups excluding tert-OH is 3. The van der Waals surface area contributed by atoms with Crippen molar-refractivity contribution in [3.05, 3.63) is 102 Å². The van der Waals surface area contributed by atoms with Crippen molar-refractivity contribution in [1.82, 2.24) is 5.32 Å². The molecule has 0 heterocycles. The second-order valence-corrected chi connectivity index (χ2v) is 40.2. The lowest BCUT2D eigenvalue weighted by molar-refractivity contribution is -0.175. The van der Waals surface area contributed by atoms with Gasteiger partial charge in [0, 0.05) is 18.2 Å². The van der Waals surface area contributed by atoms with Gasteiger partial charge in [0.1, 0.15) is 38.8 Å². The molecule has 0 fully saturated rings. The monoisotopic (exact) mass is 1650 g/mol. The smallest absolute Gasteiger partial charge is 0.333 e. The molecule has 116 heavy (non-hydrogen) atoms. The molecule has 0 saturated heterocycles. The minimum atomic E-state index is -2.18. The number of carbonyl (C=O) groups is 11. The van der Waals surface area contributed by atoms with Gasteiger partial charge in [0.15, 0.2) is 8.32 Å². The highest BCUT2D eigenvalue weighted by atomic mass is 28.4. The molecule has 3 aromatic rings. The molecule has 28 nitrogen and oxygen atoms in total. The van der Waals surface area contributed by atoms with Crippen LogP contribution in [0.25, 0.3) is 11.1 Å². The summed E-state index contributed by atoms with van der Waals surface area (Å²) in [7, 11) is 5.43. The predicted molar refractivity (Wildman–Crippen MR) is 432 cm³/mol. The third-order valence-corrected chi connectivity index (χ3v) is 26.8. The average molecular weight is 1650 g/mol. The first-order chi connectivity index (χ1) is 53.7. The summed E-state index contributed by atoms with van der Waals surface area (Å²) in [5.74, 6) is -10.4. The van der Waals surface area contributed by atoms with Crippen LogP contribution in [0.2, 0.25) is 18.1 Å². The number of benzene rings is 3. The number of hydrogen-bond acceptors (Lipinski definition) is 28. The second kappa shape index (κ2) is 42.7. The number of ether oxygens (including phenoxy) is 12. The van der Waals surface area contributed by atoms with Gasteiger partial charge in [-0.1, -0.05) is 94.1 Å². The second-order valence-electron chi connectivity index (χ2n) is 35.4. The van der Waals surface area contributed by atoms with Crippen molar-refractivity contribution in [2.45, 2.75) is 205 Å². The normalized spacial score (nSPS) is 17.1. The van der Waals surface area contributed by atoms with Crippen molar-refractivity contribution in [3.8, 4) is 16.9 Å². The Bertz CT molecular complexity index is 3840. The molecular weight excluding hydrogens is 1520 g/mol. The molecule has 650 valence electrons. The Kier molecular flexibility index (Phi) is 37.4. The summed E-state index contributed by atoms with van der Waals surface area (Å²) < 4.78 is 72.7. The van der Waals surface area contributed by atoms with E-state index in [2.05, 4.69) is 77.0 Å². The number of methoxy groups -OCH3 is 7. The number of aliphatic hydroxyl groups is 3. The first-order valence-corrected chi connectivity index (χ1v) is 41.7. The molecule has 0 bridgehead atoms. The van der Waals surface area contributed by atoms with Crippen molar-refractivity contribution < 1.29 is 129 Å². The number of rotatable bonds is 49. The van der Waals surface area contributed by atoms with Crippen LogP contribution >= 0.6 is 0 Å². The highest BCUT2D eigenvalue weighted by molar-refractivity contribution is 6.74. The average Bonchev–Trinajstić information content (AvgIpc) is 0.753. The number of nitrogens with one attached hydrogen (secondary N) is 1. The third-order valence-electron chi connectivity index (χ3n) is 22.4. The first-order valence-electron chi connectivity index (χ1n) is 38.8. The van der Waals surface area contributed by atoms with Crippen LogP contribution in [-0.2, 0) is 116 Å². The number of carbonyl (C=O) groups excluding carboxylic acids is 11. The molecule has 3 aromatic carbocycles. The van der Waals surface area contributed by atoms with E-state index in [0.717, 1.165) is 64.9 Å². The maximum absolute atomic E-state index is 15.1. The highest BCUT2D eigenvalue weighted by Gasteiger charge is 2.61. The van der Waals surface area contributed by atoms with Crippen LogP contribution in [0.5, 0.6) is 5.75 Å². The highest BCUT2D eigenvalue weighted by Crippen LogP contribution is 2.58. The maximum atomic E-state index is 15.1. The molecule has 9 unspecified atom stereocenters. The zero-order chi connectivity index (χ0) is 88.5. The minimum absolute atomic E-state index is 0.00841. The summed E-state index contributed by atoms with van der Waals surface area (Å²) in [6, 6.07) is 25.9. The standard InChI is InChI=1S/C87H131NO27Si/c1-58(66(92)111-46-45-110-64-37-35-62(36-38-64)61-33-31-60(32-34-61)48-88-59(2)65(63-29-27-26-28-30-63)115-116(24,25)77(3,4)5)47-79(8,74(100)112-42-39-89)50-86(15,75(101)113-43-40-90)57-87(16,76(102)114-44-41-91)56-85(14,73(99)109-23)55-84(13,72(98)108-22)54-83(12,71(97)107-21)53-82(11,70(96)106-20)52-81(10,69(95)105-19)51-80(9,68(94)104-18)49-78(6,7)67(93)103-17/h26-38,59,65,88-91H,1,39-57H2,2-25H3/t59-,65-,79?,80?,81?,82?,83?,84?,85?,86?,87?/m1/s1. The van der Waals surface area contributed by atoms with Crippen molar-refractivity contribution in [3.63, 3.8) is 0 Å². The molecule has 0 aliphatic rings. The summed E-state index contributed by atoms with van der Waals surface area (Å²) in [4.78, 5) is 159. The van der Waals surface area contributed by atoms with E-state index in [9.17, 15) is 63.3 Å². The van der Waals surface area contributed by atoms with E-state index < -0.39 is 226 Å². The number of esters is 11. The Morgan fingerprint density at radius 2 is 0.698 bits per heavy atom. The van der Waals surface area contributed by atoms with Crippen LogP contribution < -0.4 is 10.1 Å². The van der Waals surface area contributed by atoms with Crippen LogP contribution in [0, 0.1) is 54.1 Å². The predicted octanol–water partition coefficient (Wildman–Crippen LogP) is 11.9. The lowest BCUT2D eigenvalue weighted by Gasteiger charge is -2.47. The van der Waals surface area contributed by atoms with Crippen LogP contribution in [-0.4, -0.2) is 198 Å². The van der Waals surface area contributed by atoms with Gasteiger partial charge in [-0.15, -0.1) is 0 Å². The van der Waals surface area contributed by atoms with Gasteiger partial charge >= 0.3 is 65.7 Å². The first kappa shape index (κ1) is 102. The summed E-state index contributed by atoms with van der Waals surface area (Å²) in [6.45, 7) is 29.0. The molecule has 0 aromatic heterocycles. The fourth-order valence-electron chi connectivity index (χ4n) is 17.0. The zero-order valence-electron chi connectivity index (χ0n) is 72.9. The van der Waals surface area contributed by atoms with Crippen molar-refractivity contribution in [2.75, 3.05) is 103 Å². The largest absolute Gasteiger partial charge is 0.490 e. The summed E-state index contributed by atoms with van der Waals surface area (Å²) in [5.41, 5.74) is -15.6. The van der Waals surface area contributed by atoms with Gasteiger partial charge in [-0.3, -0.25) is 47.9 Å². The van der Waals surface area contributed by atoms with Crippen LogP contribution in [0.3, 0.4) is 0 Å². The van der Waals surface area contributed by atoms with Crippen molar-refractivity contribution in [2.24, 2.45) is 54.1 Å². The lowest BCUT2D eigenvalue weighted by atomic mass is 9.56. The number of hydrogen-bond donors (Lipinski definition) is 4. The molecule has 0 aliphatic carbocycles. The Labute approximate surface area is 686 Å². The Hall–Kier alpha value is -8.61. The fourth-order valence-corrected chi connectivity index (χ4v) is 18.3. The van der Waals surface area contributed by atoms with Gasteiger partial charge in [-0.25, -0.2) is 4.79 Å². The molecule has 0 radical (unpaired) electrons.